The molecule has 1 aromatic carbocycles. The number of benzene rings is 1. The van der Waals surface area contributed by atoms with Gasteiger partial charge in [-0.3, -0.25) is 0 Å². The maximum atomic E-state index is 13.6. The molecule has 3 N–H and O–H groups in total. The van der Waals surface area contributed by atoms with Crippen LogP contribution in [-0.4, -0.2) is 21.7 Å². The summed E-state index contributed by atoms with van der Waals surface area (Å²) >= 11 is 0. The summed E-state index contributed by atoms with van der Waals surface area (Å²) in [4.78, 5) is 11.6. The lowest BCUT2D eigenvalue weighted by atomic mass is 9.92. The van der Waals surface area contributed by atoms with E-state index in [-0.39, 0.29) is 24.3 Å². The molecule has 120 valence electrons. The van der Waals surface area contributed by atoms with Crippen molar-refractivity contribution >= 4 is 29.3 Å². The Bertz CT molecular complexity index is 714. The minimum absolute atomic E-state index is 0. The number of nitrogens with two attached hydrogens (primary N) is 1. The molecule has 22 heavy (non-hydrogen) atoms. The quantitative estimate of drug-likeness (QED) is 0.911. The van der Waals surface area contributed by atoms with Crippen molar-refractivity contribution in [2.24, 2.45) is 5.73 Å². The third kappa shape index (κ3) is 2.59. The number of rotatable bonds is 3. The Kier molecular flexibility index (Phi) is 4.78. The van der Waals surface area contributed by atoms with Crippen molar-refractivity contribution < 1.29 is 14.3 Å². The topological polar surface area (TPSA) is 68.2 Å². The summed E-state index contributed by atoms with van der Waals surface area (Å²) in [6.45, 7) is 1.86. The molecule has 1 aliphatic rings. The predicted molar refractivity (Wildman–Crippen MR) is 86.1 cm³/mol. The third-order valence-corrected chi connectivity index (χ3v) is 4.38. The van der Waals surface area contributed by atoms with Crippen LogP contribution in [0.25, 0.3) is 10.9 Å². The first-order chi connectivity index (χ1) is 10.0. The van der Waals surface area contributed by atoms with E-state index in [0.717, 1.165) is 35.0 Å². The van der Waals surface area contributed by atoms with E-state index in [4.69, 9.17) is 5.73 Å². The zero-order valence-electron chi connectivity index (χ0n) is 12.4. The van der Waals surface area contributed by atoms with E-state index in [1.807, 2.05) is 11.5 Å². The van der Waals surface area contributed by atoms with Crippen molar-refractivity contribution in [1.29, 1.82) is 0 Å². The summed E-state index contributed by atoms with van der Waals surface area (Å²) in [7, 11) is 0. The van der Waals surface area contributed by atoms with Crippen LogP contribution >= 0.6 is 12.4 Å². The van der Waals surface area contributed by atoms with Gasteiger partial charge in [-0.1, -0.05) is 6.92 Å². The highest BCUT2D eigenvalue weighted by Gasteiger charge is 2.29. The number of carbonyl (C=O) groups is 1. The fourth-order valence-electron chi connectivity index (χ4n) is 3.42. The molecule has 4 nitrogen and oxygen atoms in total. The molecule has 6 heteroatoms. The number of halogens is 2. The lowest BCUT2D eigenvalue weighted by Crippen LogP contribution is -2.29. The second kappa shape index (κ2) is 6.26. The molecule has 3 rings (SSSR count). The van der Waals surface area contributed by atoms with Gasteiger partial charge in [0, 0.05) is 22.6 Å². The van der Waals surface area contributed by atoms with Crippen LogP contribution in [-0.2, 0) is 17.6 Å². The van der Waals surface area contributed by atoms with Gasteiger partial charge in [0.05, 0.1) is 0 Å². The van der Waals surface area contributed by atoms with Gasteiger partial charge in [0.15, 0.2) is 0 Å². The first-order valence-corrected chi connectivity index (χ1v) is 7.32. The zero-order chi connectivity index (χ0) is 15.1. The van der Waals surface area contributed by atoms with Crippen LogP contribution in [0.5, 0.6) is 0 Å². The second-order valence-electron chi connectivity index (χ2n) is 5.72. The summed E-state index contributed by atoms with van der Waals surface area (Å²) in [6, 6.07) is 4.01. The minimum Gasteiger partial charge on any atom is -0.480 e. The Morgan fingerprint density at radius 2 is 2.27 bits per heavy atom. The molecule has 0 aliphatic heterocycles. The van der Waals surface area contributed by atoms with Gasteiger partial charge in [-0.15, -0.1) is 12.4 Å². The van der Waals surface area contributed by atoms with E-state index >= 15 is 0 Å². The van der Waals surface area contributed by atoms with Crippen LogP contribution < -0.4 is 5.73 Å². The number of aliphatic carboxylic acids is 1. The highest BCUT2D eigenvalue weighted by Crippen LogP contribution is 2.35. The van der Waals surface area contributed by atoms with E-state index in [1.165, 1.54) is 12.1 Å². The normalized spacial score (nSPS) is 18.6. The molecular formula is C16H20ClFN2O2. The van der Waals surface area contributed by atoms with Gasteiger partial charge in [-0.2, -0.15) is 0 Å². The van der Waals surface area contributed by atoms with E-state index < -0.39 is 12.0 Å². The van der Waals surface area contributed by atoms with E-state index in [0.29, 0.717) is 12.8 Å². The van der Waals surface area contributed by atoms with Crippen molar-refractivity contribution in [1.82, 2.24) is 4.57 Å². The van der Waals surface area contributed by atoms with E-state index in [9.17, 15) is 14.3 Å². The standard InChI is InChI=1S/C16H19FN2O2.ClH/c1-2-13(16(20)21)19-14-5-3-9(17)7-11(14)12-8-10(18)4-6-15(12)19;/h3,5,7,10,13H,2,4,6,8,18H2,1H3,(H,20,21);1H. The van der Waals surface area contributed by atoms with Crippen molar-refractivity contribution in [2.75, 3.05) is 0 Å². The van der Waals surface area contributed by atoms with Gasteiger partial charge in [-0.25, -0.2) is 9.18 Å². The maximum Gasteiger partial charge on any atom is 0.326 e. The summed E-state index contributed by atoms with van der Waals surface area (Å²) in [6.07, 6.45) is 2.76. The smallest absolute Gasteiger partial charge is 0.326 e. The van der Waals surface area contributed by atoms with Gasteiger partial charge in [0.25, 0.3) is 0 Å². The molecule has 1 heterocycles. The van der Waals surface area contributed by atoms with Crippen LogP contribution in [0.3, 0.4) is 0 Å². The Balaban J connectivity index is 0.00000176. The molecule has 0 spiro atoms. The number of carboxylic acids is 1. The van der Waals surface area contributed by atoms with Crippen LogP contribution in [0.1, 0.15) is 37.1 Å². The molecule has 0 radical (unpaired) electrons. The third-order valence-electron chi connectivity index (χ3n) is 4.38. The zero-order valence-corrected chi connectivity index (χ0v) is 13.2. The monoisotopic (exact) mass is 326 g/mol. The van der Waals surface area contributed by atoms with Crippen molar-refractivity contribution in [3.8, 4) is 0 Å². The molecule has 0 amide bonds. The lowest BCUT2D eigenvalue weighted by Gasteiger charge is -2.23. The van der Waals surface area contributed by atoms with Gasteiger partial charge >= 0.3 is 5.97 Å². The number of hydrogen-bond acceptors (Lipinski definition) is 2. The van der Waals surface area contributed by atoms with Gasteiger partial charge < -0.3 is 15.4 Å². The SMILES string of the molecule is CCC(C(=O)O)n1c2c(c3cc(F)ccc31)CC(N)CC2.Cl. The molecule has 1 aromatic heterocycles. The lowest BCUT2D eigenvalue weighted by molar-refractivity contribution is -0.140. The van der Waals surface area contributed by atoms with Gasteiger partial charge in [-0.05, 0) is 49.4 Å². The first kappa shape index (κ1) is 16.8. The van der Waals surface area contributed by atoms with Crippen molar-refractivity contribution in [3.63, 3.8) is 0 Å². The molecule has 2 unspecified atom stereocenters. The summed E-state index contributed by atoms with van der Waals surface area (Å²) < 4.78 is 15.5. The molecule has 1 aliphatic carbocycles. The molecule has 0 saturated carbocycles. The van der Waals surface area contributed by atoms with Gasteiger partial charge in [0.2, 0.25) is 0 Å². The first-order valence-electron chi connectivity index (χ1n) is 7.32. The molecule has 0 bridgehead atoms. The average Bonchev–Trinajstić information content (AvgIpc) is 2.73. The minimum atomic E-state index is -0.851. The summed E-state index contributed by atoms with van der Waals surface area (Å²) in [5, 5.41) is 10.3. The van der Waals surface area contributed by atoms with Crippen molar-refractivity contribution in [2.45, 2.75) is 44.7 Å². The highest BCUT2D eigenvalue weighted by molar-refractivity contribution is 5.88. The van der Waals surface area contributed by atoms with E-state index in [2.05, 4.69) is 0 Å². The molecule has 0 saturated heterocycles. The number of aromatic nitrogens is 1. The maximum absolute atomic E-state index is 13.6. The number of fused-ring (bicyclic) bond motifs is 3. The molecule has 2 atom stereocenters. The Morgan fingerprint density at radius 1 is 1.55 bits per heavy atom. The fraction of sp³-hybridized carbons (Fsp3) is 0.438. The van der Waals surface area contributed by atoms with Crippen LogP contribution in [0.2, 0.25) is 0 Å². The Morgan fingerprint density at radius 3 is 2.91 bits per heavy atom. The Labute approximate surface area is 134 Å². The second-order valence-corrected chi connectivity index (χ2v) is 5.72. The predicted octanol–water partition coefficient (Wildman–Crippen LogP) is 3.05. The largest absolute Gasteiger partial charge is 0.480 e. The average molecular weight is 327 g/mol. The molecule has 0 fully saturated rings. The van der Waals surface area contributed by atoms with Crippen LogP contribution in [0.4, 0.5) is 4.39 Å². The fourth-order valence-corrected chi connectivity index (χ4v) is 3.42. The Hall–Kier alpha value is -1.59. The van der Waals surface area contributed by atoms with E-state index in [1.54, 1.807) is 6.07 Å². The highest BCUT2D eigenvalue weighted by atomic mass is 35.5. The van der Waals surface area contributed by atoms with Crippen LogP contribution in [0.15, 0.2) is 18.2 Å². The van der Waals surface area contributed by atoms with Crippen molar-refractivity contribution in [3.05, 3.63) is 35.3 Å². The number of nitrogens with zero attached hydrogens (tertiary/aromatic N) is 1. The number of carboxylic acid groups (broad SMARTS) is 1. The molecular weight excluding hydrogens is 307 g/mol. The van der Waals surface area contributed by atoms with Crippen LogP contribution in [0, 0.1) is 5.82 Å². The number of hydrogen-bond donors (Lipinski definition) is 2. The van der Waals surface area contributed by atoms with Gasteiger partial charge in [0.1, 0.15) is 11.9 Å². The molecule has 2 aromatic rings. The summed E-state index contributed by atoms with van der Waals surface area (Å²) in [5.41, 5.74) is 8.86. The summed E-state index contributed by atoms with van der Waals surface area (Å²) in [5.74, 6) is -1.15.